The van der Waals surface area contributed by atoms with Gasteiger partial charge in [0.05, 0.1) is 4.75 Å². The SMILES string of the molecule is CC[C@@]1(c2cc(NC(=O)c3ccc(Cl)cc3)ccc2F)CCN=C(N)S1. The quantitative estimate of drug-likeness (QED) is 0.787. The molecule has 1 heterocycles. The number of hydrogen-bond acceptors (Lipinski definition) is 4. The van der Waals surface area contributed by atoms with Crippen LogP contribution in [-0.4, -0.2) is 17.6 Å². The Kier molecular flexibility index (Phi) is 5.53. The minimum atomic E-state index is -0.475. The van der Waals surface area contributed by atoms with Crippen LogP contribution >= 0.6 is 23.4 Å². The smallest absolute Gasteiger partial charge is 0.255 e. The van der Waals surface area contributed by atoms with Crippen molar-refractivity contribution < 1.29 is 9.18 Å². The van der Waals surface area contributed by atoms with Crippen LogP contribution in [0.15, 0.2) is 47.5 Å². The fourth-order valence-electron chi connectivity index (χ4n) is 3.02. The third kappa shape index (κ3) is 3.86. The van der Waals surface area contributed by atoms with Crippen LogP contribution in [0.4, 0.5) is 10.1 Å². The van der Waals surface area contributed by atoms with Gasteiger partial charge in [-0.05, 0) is 55.3 Å². The molecule has 136 valence electrons. The van der Waals surface area contributed by atoms with Gasteiger partial charge in [0.1, 0.15) is 5.82 Å². The minimum Gasteiger partial charge on any atom is -0.379 e. The van der Waals surface area contributed by atoms with E-state index in [1.165, 1.54) is 17.8 Å². The van der Waals surface area contributed by atoms with Crippen LogP contribution < -0.4 is 11.1 Å². The van der Waals surface area contributed by atoms with Crippen molar-refractivity contribution in [2.45, 2.75) is 24.5 Å². The first kappa shape index (κ1) is 18.7. The van der Waals surface area contributed by atoms with Gasteiger partial charge in [0.2, 0.25) is 0 Å². The number of benzene rings is 2. The van der Waals surface area contributed by atoms with Crippen molar-refractivity contribution in [2.75, 3.05) is 11.9 Å². The lowest BCUT2D eigenvalue weighted by molar-refractivity contribution is 0.102. The van der Waals surface area contributed by atoms with E-state index in [9.17, 15) is 9.18 Å². The summed E-state index contributed by atoms with van der Waals surface area (Å²) in [5.41, 5.74) is 7.45. The minimum absolute atomic E-state index is 0.276. The Balaban J connectivity index is 1.89. The average molecular weight is 392 g/mol. The summed E-state index contributed by atoms with van der Waals surface area (Å²) in [5, 5.41) is 3.84. The Morgan fingerprint density at radius 1 is 1.35 bits per heavy atom. The highest BCUT2D eigenvalue weighted by atomic mass is 35.5. The highest BCUT2D eigenvalue weighted by molar-refractivity contribution is 8.14. The third-order valence-corrected chi connectivity index (χ3v) is 6.17. The summed E-state index contributed by atoms with van der Waals surface area (Å²) in [5.74, 6) is -0.583. The van der Waals surface area contributed by atoms with Gasteiger partial charge >= 0.3 is 0 Å². The standard InChI is InChI=1S/C19H19ClFN3OS/c1-2-19(9-10-23-18(22)26-19)15-11-14(7-8-16(15)21)24-17(25)12-3-5-13(20)6-4-12/h3-8,11H,2,9-10H2,1H3,(H2,22,23)(H,24,25)/t19-/m0/s1. The lowest BCUT2D eigenvalue weighted by atomic mass is 9.91. The molecule has 3 N–H and O–H groups in total. The number of amides is 1. The lowest BCUT2D eigenvalue weighted by Gasteiger charge is -2.35. The number of nitrogens with one attached hydrogen (secondary N) is 1. The van der Waals surface area contributed by atoms with Crippen molar-refractivity contribution in [3.05, 3.63) is 64.4 Å². The number of amidine groups is 1. The molecule has 1 aliphatic heterocycles. The first-order valence-corrected chi connectivity index (χ1v) is 9.49. The van der Waals surface area contributed by atoms with Crippen LogP contribution in [0.3, 0.4) is 0 Å². The molecule has 0 fully saturated rings. The summed E-state index contributed by atoms with van der Waals surface area (Å²) in [6.45, 7) is 2.57. The number of rotatable bonds is 4. The van der Waals surface area contributed by atoms with E-state index in [0.717, 1.165) is 0 Å². The number of halogens is 2. The van der Waals surface area contributed by atoms with Crippen LogP contribution in [0.2, 0.25) is 5.02 Å². The number of aliphatic imine (C=N–C) groups is 1. The van der Waals surface area contributed by atoms with Crippen LogP contribution in [0.25, 0.3) is 0 Å². The third-order valence-electron chi connectivity index (χ3n) is 4.48. The molecule has 2 aromatic carbocycles. The van der Waals surface area contributed by atoms with Crippen molar-refractivity contribution in [3.63, 3.8) is 0 Å². The first-order chi connectivity index (χ1) is 12.4. The Bertz CT molecular complexity index is 856. The normalized spacial score (nSPS) is 19.7. The monoisotopic (exact) mass is 391 g/mol. The fourth-order valence-corrected chi connectivity index (χ4v) is 4.30. The van der Waals surface area contributed by atoms with E-state index in [1.54, 1.807) is 36.4 Å². The molecule has 4 nitrogen and oxygen atoms in total. The van der Waals surface area contributed by atoms with Crippen molar-refractivity contribution in [2.24, 2.45) is 10.7 Å². The van der Waals surface area contributed by atoms with E-state index >= 15 is 0 Å². The fraction of sp³-hybridized carbons (Fsp3) is 0.263. The Morgan fingerprint density at radius 3 is 2.73 bits per heavy atom. The van der Waals surface area contributed by atoms with Crippen LogP contribution in [0, 0.1) is 5.82 Å². The van der Waals surface area contributed by atoms with Gasteiger partial charge in [-0.2, -0.15) is 0 Å². The molecular weight excluding hydrogens is 373 g/mol. The number of nitrogens with zero attached hydrogens (tertiary/aromatic N) is 1. The molecule has 0 radical (unpaired) electrons. The molecule has 1 amide bonds. The maximum Gasteiger partial charge on any atom is 0.255 e. The summed E-state index contributed by atoms with van der Waals surface area (Å²) in [6, 6.07) is 11.2. The van der Waals surface area contributed by atoms with E-state index in [0.29, 0.717) is 46.4 Å². The summed E-state index contributed by atoms with van der Waals surface area (Å²) in [6.07, 6.45) is 1.40. The van der Waals surface area contributed by atoms with Gasteiger partial charge in [0.15, 0.2) is 5.17 Å². The molecule has 0 aromatic heterocycles. The Hall–Kier alpha value is -2.05. The van der Waals surface area contributed by atoms with E-state index in [-0.39, 0.29) is 11.7 Å². The number of carbonyl (C=O) groups is 1. The zero-order chi connectivity index (χ0) is 18.7. The first-order valence-electron chi connectivity index (χ1n) is 8.29. The number of anilines is 1. The molecule has 7 heteroatoms. The van der Waals surface area contributed by atoms with E-state index in [2.05, 4.69) is 10.3 Å². The van der Waals surface area contributed by atoms with Gasteiger partial charge in [-0.3, -0.25) is 9.79 Å². The zero-order valence-electron chi connectivity index (χ0n) is 14.3. The number of carbonyl (C=O) groups excluding carboxylic acids is 1. The van der Waals surface area contributed by atoms with Crippen LogP contribution in [0.5, 0.6) is 0 Å². The van der Waals surface area contributed by atoms with Crippen molar-refractivity contribution in [1.82, 2.24) is 0 Å². The molecule has 0 aliphatic carbocycles. The zero-order valence-corrected chi connectivity index (χ0v) is 15.8. The number of thioether (sulfide) groups is 1. The average Bonchev–Trinajstić information content (AvgIpc) is 2.63. The molecule has 0 saturated carbocycles. The summed E-state index contributed by atoms with van der Waals surface area (Å²) in [7, 11) is 0. The van der Waals surface area contributed by atoms with Crippen molar-refractivity contribution in [1.29, 1.82) is 0 Å². The second-order valence-electron chi connectivity index (χ2n) is 6.08. The highest BCUT2D eigenvalue weighted by Gasteiger charge is 2.37. The maximum atomic E-state index is 14.6. The van der Waals surface area contributed by atoms with Gasteiger partial charge in [-0.25, -0.2) is 4.39 Å². The van der Waals surface area contributed by atoms with Crippen LogP contribution in [-0.2, 0) is 4.75 Å². The Labute approximate surface area is 161 Å². The molecule has 1 aliphatic rings. The molecule has 3 rings (SSSR count). The molecule has 0 spiro atoms. The summed E-state index contributed by atoms with van der Waals surface area (Å²) in [4.78, 5) is 16.6. The van der Waals surface area contributed by atoms with Gasteiger partial charge in [-0.1, -0.05) is 30.3 Å². The van der Waals surface area contributed by atoms with Gasteiger partial charge in [0.25, 0.3) is 5.91 Å². The molecule has 0 unspecified atom stereocenters. The molecule has 26 heavy (non-hydrogen) atoms. The molecule has 2 aromatic rings. The Morgan fingerprint density at radius 2 is 2.08 bits per heavy atom. The number of nitrogens with two attached hydrogens (primary N) is 1. The summed E-state index contributed by atoms with van der Waals surface area (Å²) < 4.78 is 14.1. The molecule has 0 bridgehead atoms. The topological polar surface area (TPSA) is 67.5 Å². The predicted octanol–water partition coefficient (Wildman–Crippen LogP) is 4.79. The maximum absolute atomic E-state index is 14.6. The molecule has 1 atom stereocenters. The van der Waals surface area contributed by atoms with Crippen LogP contribution in [0.1, 0.15) is 35.7 Å². The van der Waals surface area contributed by atoms with E-state index < -0.39 is 4.75 Å². The second kappa shape index (κ2) is 7.68. The van der Waals surface area contributed by atoms with E-state index in [1.807, 2.05) is 6.92 Å². The molecule has 0 saturated heterocycles. The van der Waals surface area contributed by atoms with Crippen molar-refractivity contribution >= 4 is 40.1 Å². The van der Waals surface area contributed by atoms with Gasteiger partial charge in [0, 0.05) is 28.4 Å². The summed E-state index contributed by atoms with van der Waals surface area (Å²) >= 11 is 7.24. The predicted molar refractivity (Wildman–Crippen MR) is 106 cm³/mol. The van der Waals surface area contributed by atoms with Crippen molar-refractivity contribution in [3.8, 4) is 0 Å². The van der Waals surface area contributed by atoms with Gasteiger partial charge < -0.3 is 11.1 Å². The second-order valence-corrected chi connectivity index (χ2v) is 7.92. The van der Waals surface area contributed by atoms with E-state index in [4.69, 9.17) is 17.3 Å². The largest absolute Gasteiger partial charge is 0.379 e. The highest BCUT2D eigenvalue weighted by Crippen LogP contribution is 2.46. The lowest BCUT2D eigenvalue weighted by Crippen LogP contribution is -2.31. The number of hydrogen-bond donors (Lipinski definition) is 2. The van der Waals surface area contributed by atoms with Gasteiger partial charge in [-0.15, -0.1) is 0 Å². The molecular formula is C19H19ClFN3OS.